The van der Waals surface area contributed by atoms with Crippen LogP contribution in [0.25, 0.3) is 0 Å². The van der Waals surface area contributed by atoms with Gasteiger partial charge in [0.25, 0.3) is 0 Å². The van der Waals surface area contributed by atoms with E-state index < -0.39 is 17.8 Å². The number of carboxylic acids is 1. The summed E-state index contributed by atoms with van der Waals surface area (Å²) in [6.07, 6.45) is 4.01. The Bertz CT molecular complexity index is 461. The summed E-state index contributed by atoms with van der Waals surface area (Å²) < 4.78 is 0. The standard InChI is InChI=1S/C15H20N2O3/c18-14(17-16-11-7-3-1-4-8-11)12-9-5-2-6-10-13(12)15(19)20/h1,3-4,7-8,12-13,16H,2,5-6,9-10H2,(H,17,18)(H,19,20). The molecule has 0 spiro atoms. The van der Waals surface area contributed by atoms with Gasteiger partial charge in [0.2, 0.25) is 5.91 Å². The van der Waals surface area contributed by atoms with E-state index in [4.69, 9.17) is 0 Å². The first-order valence-electron chi connectivity index (χ1n) is 7.02. The van der Waals surface area contributed by atoms with Gasteiger partial charge in [0.05, 0.1) is 17.5 Å². The van der Waals surface area contributed by atoms with Gasteiger partial charge in [-0.25, -0.2) is 0 Å². The van der Waals surface area contributed by atoms with E-state index in [9.17, 15) is 14.7 Å². The molecule has 0 saturated heterocycles. The number of hydrogen-bond acceptors (Lipinski definition) is 3. The van der Waals surface area contributed by atoms with Crippen molar-refractivity contribution in [3.63, 3.8) is 0 Å². The average molecular weight is 276 g/mol. The normalized spacial score (nSPS) is 22.6. The molecule has 1 aliphatic rings. The molecule has 2 atom stereocenters. The van der Waals surface area contributed by atoms with Crippen molar-refractivity contribution in [1.29, 1.82) is 0 Å². The highest BCUT2D eigenvalue weighted by molar-refractivity contribution is 5.85. The van der Waals surface area contributed by atoms with E-state index >= 15 is 0 Å². The van der Waals surface area contributed by atoms with E-state index in [0.717, 1.165) is 24.9 Å². The van der Waals surface area contributed by atoms with Gasteiger partial charge in [-0.05, 0) is 25.0 Å². The molecule has 3 N–H and O–H groups in total. The third-order valence-corrected chi connectivity index (χ3v) is 3.77. The van der Waals surface area contributed by atoms with Crippen molar-refractivity contribution in [3.8, 4) is 0 Å². The van der Waals surface area contributed by atoms with Crippen LogP contribution in [0.1, 0.15) is 32.1 Å². The third kappa shape index (κ3) is 3.73. The number of hydrazine groups is 1. The highest BCUT2D eigenvalue weighted by Gasteiger charge is 2.34. The maximum absolute atomic E-state index is 12.2. The predicted octanol–water partition coefficient (Wildman–Crippen LogP) is 2.41. The number of aliphatic carboxylic acids is 1. The SMILES string of the molecule is O=C(O)C1CCCCCC1C(=O)NNc1ccccc1. The van der Waals surface area contributed by atoms with Crippen molar-refractivity contribution >= 4 is 17.6 Å². The van der Waals surface area contributed by atoms with Crippen LogP contribution < -0.4 is 10.9 Å². The van der Waals surface area contributed by atoms with E-state index in [1.165, 1.54) is 0 Å². The number of benzene rings is 1. The number of hydrogen-bond donors (Lipinski definition) is 3. The van der Waals surface area contributed by atoms with Crippen LogP contribution in [0.5, 0.6) is 0 Å². The number of carboxylic acid groups (broad SMARTS) is 1. The minimum atomic E-state index is -0.869. The average Bonchev–Trinajstić information content (AvgIpc) is 2.71. The lowest BCUT2D eigenvalue weighted by atomic mass is 9.87. The number of para-hydroxylation sites is 1. The van der Waals surface area contributed by atoms with Crippen LogP contribution in [-0.4, -0.2) is 17.0 Å². The molecule has 0 heterocycles. The highest BCUT2D eigenvalue weighted by atomic mass is 16.4. The van der Waals surface area contributed by atoms with E-state index in [1.807, 2.05) is 30.3 Å². The Kier molecular flexibility index (Phi) is 4.98. The van der Waals surface area contributed by atoms with Gasteiger partial charge in [0.1, 0.15) is 0 Å². The first-order chi connectivity index (χ1) is 9.68. The maximum atomic E-state index is 12.2. The Balaban J connectivity index is 1.96. The molecule has 1 aromatic carbocycles. The lowest BCUT2D eigenvalue weighted by Crippen LogP contribution is -2.40. The van der Waals surface area contributed by atoms with Gasteiger partial charge in [0, 0.05) is 0 Å². The van der Waals surface area contributed by atoms with Crippen molar-refractivity contribution in [1.82, 2.24) is 5.43 Å². The first-order valence-corrected chi connectivity index (χ1v) is 7.02. The van der Waals surface area contributed by atoms with Crippen LogP contribution in [-0.2, 0) is 9.59 Å². The van der Waals surface area contributed by atoms with Crippen LogP contribution in [0.4, 0.5) is 5.69 Å². The van der Waals surface area contributed by atoms with Gasteiger partial charge in [0.15, 0.2) is 0 Å². The molecule has 5 nitrogen and oxygen atoms in total. The Labute approximate surface area is 118 Å². The summed E-state index contributed by atoms with van der Waals surface area (Å²) in [4.78, 5) is 23.5. The summed E-state index contributed by atoms with van der Waals surface area (Å²) >= 11 is 0. The molecule has 2 unspecified atom stereocenters. The van der Waals surface area contributed by atoms with Gasteiger partial charge in [-0.15, -0.1) is 0 Å². The molecule has 0 bridgehead atoms. The maximum Gasteiger partial charge on any atom is 0.307 e. The topological polar surface area (TPSA) is 78.4 Å². The highest BCUT2D eigenvalue weighted by Crippen LogP contribution is 2.29. The summed E-state index contributed by atoms with van der Waals surface area (Å²) in [6.45, 7) is 0. The Morgan fingerprint density at radius 3 is 2.30 bits per heavy atom. The lowest BCUT2D eigenvalue weighted by Gasteiger charge is -2.21. The molecule has 1 amide bonds. The molecular formula is C15H20N2O3. The zero-order chi connectivity index (χ0) is 14.4. The van der Waals surface area contributed by atoms with Crippen LogP contribution in [0.3, 0.4) is 0 Å². The smallest absolute Gasteiger partial charge is 0.307 e. The van der Waals surface area contributed by atoms with Crippen molar-refractivity contribution in [3.05, 3.63) is 30.3 Å². The van der Waals surface area contributed by atoms with E-state index in [1.54, 1.807) is 0 Å². The van der Waals surface area contributed by atoms with Gasteiger partial charge in [-0.1, -0.05) is 37.5 Å². The van der Waals surface area contributed by atoms with Gasteiger partial charge in [-0.3, -0.25) is 20.4 Å². The zero-order valence-corrected chi connectivity index (χ0v) is 11.3. The van der Waals surface area contributed by atoms with Crippen LogP contribution in [0, 0.1) is 11.8 Å². The summed E-state index contributed by atoms with van der Waals surface area (Å²) in [7, 11) is 0. The molecule has 5 heteroatoms. The van der Waals surface area contributed by atoms with Crippen LogP contribution in [0.2, 0.25) is 0 Å². The van der Waals surface area contributed by atoms with Crippen molar-refractivity contribution in [2.75, 3.05) is 5.43 Å². The molecule has 1 aliphatic carbocycles. The molecule has 108 valence electrons. The number of nitrogens with one attached hydrogen (secondary N) is 2. The molecule has 2 rings (SSSR count). The molecule has 0 aliphatic heterocycles. The molecule has 20 heavy (non-hydrogen) atoms. The van der Waals surface area contributed by atoms with E-state index in [2.05, 4.69) is 10.9 Å². The number of carbonyl (C=O) groups excluding carboxylic acids is 1. The molecule has 1 aromatic rings. The van der Waals surface area contributed by atoms with E-state index in [-0.39, 0.29) is 5.91 Å². The fourth-order valence-corrected chi connectivity index (χ4v) is 2.67. The van der Waals surface area contributed by atoms with Gasteiger partial charge in [-0.2, -0.15) is 0 Å². The summed E-state index contributed by atoms with van der Waals surface area (Å²) in [6, 6.07) is 9.28. The minimum absolute atomic E-state index is 0.233. The third-order valence-electron chi connectivity index (χ3n) is 3.77. The number of amides is 1. The molecule has 1 saturated carbocycles. The zero-order valence-electron chi connectivity index (χ0n) is 11.3. The largest absolute Gasteiger partial charge is 0.481 e. The van der Waals surface area contributed by atoms with Crippen molar-refractivity contribution < 1.29 is 14.7 Å². The first kappa shape index (κ1) is 14.4. The van der Waals surface area contributed by atoms with Gasteiger partial charge < -0.3 is 5.11 Å². The Morgan fingerprint density at radius 2 is 1.65 bits per heavy atom. The summed E-state index contributed by atoms with van der Waals surface area (Å²) in [5.41, 5.74) is 6.24. The molecule has 1 fully saturated rings. The fourth-order valence-electron chi connectivity index (χ4n) is 2.67. The van der Waals surface area contributed by atoms with Gasteiger partial charge >= 0.3 is 5.97 Å². The Morgan fingerprint density at radius 1 is 1.00 bits per heavy atom. The minimum Gasteiger partial charge on any atom is -0.481 e. The van der Waals surface area contributed by atoms with Crippen molar-refractivity contribution in [2.45, 2.75) is 32.1 Å². The predicted molar refractivity (Wildman–Crippen MR) is 75.9 cm³/mol. The fraction of sp³-hybridized carbons (Fsp3) is 0.467. The molecular weight excluding hydrogens is 256 g/mol. The lowest BCUT2D eigenvalue weighted by molar-refractivity contribution is -0.147. The van der Waals surface area contributed by atoms with Crippen LogP contribution in [0.15, 0.2) is 30.3 Å². The second-order valence-electron chi connectivity index (χ2n) is 5.17. The number of anilines is 1. The summed E-state index contributed by atoms with van der Waals surface area (Å²) in [5.74, 6) is -2.13. The molecule has 0 radical (unpaired) electrons. The van der Waals surface area contributed by atoms with Crippen LogP contribution >= 0.6 is 0 Å². The Hall–Kier alpha value is -2.04. The van der Waals surface area contributed by atoms with E-state index in [0.29, 0.717) is 12.8 Å². The number of rotatable bonds is 4. The quantitative estimate of drug-likeness (QED) is 0.583. The molecule has 0 aromatic heterocycles. The second kappa shape index (κ2) is 6.93. The second-order valence-corrected chi connectivity index (χ2v) is 5.17. The monoisotopic (exact) mass is 276 g/mol. The van der Waals surface area contributed by atoms with Crippen molar-refractivity contribution in [2.24, 2.45) is 11.8 Å². The number of carbonyl (C=O) groups is 2. The summed E-state index contributed by atoms with van der Waals surface area (Å²) in [5, 5.41) is 9.27.